The quantitative estimate of drug-likeness (QED) is 0.149. The molecule has 2 aliphatic heterocycles. The van der Waals surface area contributed by atoms with E-state index in [1.807, 2.05) is 24.3 Å². The molecule has 10 rings (SSSR count). The Morgan fingerprint density at radius 2 is 1.13 bits per heavy atom. The first-order valence-electron chi connectivity index (χ1n) is 21.6. The van der Waals surface area contributed by atoms with E-state index in [1.165, 1.54) is 44.2 Å². The number of hydrogen-bond donors (Lipinski definition) is 2. The molecule has 0 unspecified atom stereocenters. The number of H-pyrrole nitrogens is 2. The number of nitrogens with zero attached hydrogens (tertiary/aromatic N) is 11. The van der Waals surface area contributed by atoms with Gasteiger partial charge in [-0.25, -0.2) is 33.4 Å². The van der Waals surface area contributed by atoms with Crippen molar-refractivity contribution in [2.45, 2.75) is 26.7 Å². The fourth-order valence-electron chi connectivity index (χ4n) is 8.41. The summed E-state index contributed by atoms with van der Waals surface area (Å²) in [5.74, 6) is -3.28. The maximum absolute atomic E-state index is 14.7. The number of Topliss-reactive ketones (excluding diaryl/α,β-unsaturated/α-hetero) is 3. The molecular formula is C47H41F2N13O6. The molecule has 0 spiro atoms. The van der Waals surface area contributed by atoms with Crippen LogP contribution in [0.25, 0.3) is 33.4 Å². The van der Waals surface area contributed by atoms with E-state index in [2.05, 4.69) is 40.1 Å². The van der Waals surface area contributed by atoms with Crippen molar-refractivity contribution < 1.29 is 37.5 Å². The second kappa shape index (κ2) is 18.7. The van der Waals surface area contributed by atoms with E-state index in [9.17, 15) is 37.5 Å². The first-order valence-corrected chi connectivity index (χ1v) is 21.6. The number of rotatable bonds is 9. The zero-order valence-corrected chi connectivity index (χ0v) is 36.6. The van der Waals surface area contributed by atoms with Crippen LogP contribution in [0.5, 0.6) is 0 Å². The molecule has 0 saturated carbocycles. The Morgan fingerprint density at radius 3 is 1.66 bits per heavy atom. The summed E-state index contributed by atoms with van der Waals surface area (Å²) >= 11 is 0. The van der Waals surface area contributed by atoms with Gasteiger partial charge in [-0.15, -0.1) is 0 Å². The highest BCUT2D eigenvalue weighted by Crippen LogP contribution is 2.29. The number of carbonyl (C=O) groups is 6. The van der Waals surface area contributed by atoms with Gasteiger partial charge in [-0.3, -0.25) is 28.8 Å². The summed E-state index contributed by atoms with van der Waals surface area (Å²) in [7, 11) is 0. The standard InChI is InChI=1S/C24H21FN6O3.C23H20FN7O3/c1-14-28-13-29-31(14)23-20-19(18(25)12-27-23)17(11-26-20)22(33)24(34)30-9-7-16(8-10-30)21(32)15-5-3-2-4-6-15;1-14-27-13-31(28-14)21-19-18(17(24)12-26-21)16(11-25-19)20(32)23(34)30-9-7-29(8-10-30)22(33)15-5-3-2-4-6-15/h2-6,11-13,16,26H,7-10H2,1H3;2-6,11-13,25H,7-10H2,1H3. The molecule has 19 nitrogen and oxygen atoms in total. The second-order valence-corrected chi connectivity index (χ2v) is 16.1. The van der Waals surface area contributed by atoms with Gasteiger partial charge < -0.3 is 24.7 Å². The number of hydrogen-bond acceptors (Lipinski definition) is 12. The lowest BCUT2D eigenvalue weighted by Gasteiger charge is -2.34. The number of nitrogens with one attached hydrogen (secondary N) is 2. The molecule has 6 aromatic heterocycles. The van der Waals surface area contributed by atoms with Crippen LogP contribution in [-0.2, 0) is 9.59 Å². The highest BCUT2D eigenvalue weighted by atomic mass is 19.1. The zero-order valence-electron chi connectivity index (χ0n) is 36.6. The molecule has 21 heteroatoms. The summed E-state index contributed by atoms with van der Waals surface area (Å²) < 4.78 is 32.2. The summed E-state index contributed by atoms with van der Waals surface area (Å²) in [5, 5.41) is 8.21. The Morgan fingerprint density at radius 1 is 0.618 bits per heavy atom. The van der Waals surface area contributed by atoms with Crippen LogP contribution in [0.1, 0.15) is 65.9 Å². The molecule has 2 N–H and O–H groups in total. The van der Waals surface area contributed by atoms with Crippen LogP contribution in [0, 0.1) is 31.4 Å². The molecule has 2 saturated heterocycles. The van der Waals surface area contributed by atoms with Crippen molar-refractivity contribution in [2.75, 3.05) is 39.3 Å². The molecule has 0 atom stereocenters. The number of piperazine rings is 1. The number of halogens is 2. The van der Waals surface area contributed by atoms with Crippen molar-refractivity contribution in [2.24, 2.45) is 5.92 Å². The van der Waals surface area contributed by atoms with Crippen molar-refractivity contribution >= 4 is 56.9 Å². The predicted molar refractivity (Wildman–Crippen MR) is 239 cm³/mol. The lowest BCUT2D eigenvalue weighted by atomic mass is 9.88. The number of pyridine rings is 2. The number of aromatic nitrogens is 10. The van der Waals surface area contributed by atoms with Gasteiger partial charge in [0.15, 0.2) is 29.1 Å². The Bertz CT molecular complexity index is 3240. The van der Waals surface area contributed by atoms with E-state index in [0.29, 0.717) is 48.7 Å². The maximum Gasteiger partial charge on any atom is 0.295 e. The third-order valence-corrected chi connectivity index (χ3v) is 12.0. The smallest absolute Gasteiger partial charge is 0.295 e. The van der Waals surface area contributed by atoms with Gasteiger partial charge in [-0.2, -0.15) is 14.9 Å². The molecule has 68 heavy (non-hydrogen) atoms. The number of carbonyl (C=O) groups excluding carboxylic acids is 6. The summed E-state index contributed by atoms with van der Waals surface area (Å²) in [6.07, 6.45) is 8.31. The number of aromatic amines is 2. The lowest BCUT2D eigenvalue weighted by molar-refractivity contribution is -0.128. The lowest BCUT2D eigenvalue weighted by Crippen LogP contribution is -2.52. The molecule has 2 fully saturated rings. The largest absolute Gasteiger partial charge is 0.357 e. The van der Waals surface area contributed by atoms with Crippen molar-refractivity contribution in [1.82, 2.24) is 64.2 Å². The van der Waals surface area contributed by atoms with Gasteiger partial charge in [-0.1, -0.05) is 48.5 Å². The minimum Gasteiger partial charge on any atom is -0.357 e. The van der Waals surface area contributed by atoms with Crippen LogP contribution in [-0.4, -0.2) is 139 Å². The van der Waals surface area contributed by atoms with Gasteiger partial charge in [0.25, 0.3) is 29.3 Å². The van der Waals surface area contributed by atoms with Crippen LogP contribution >= 0.6 is 0 Å². The second-order valence-electron chi connectivity index (χ2n) is 16.1. The van der Waals surface area contributed by atoms with Gasteiger partial charge in [0.05, 0.1) is 45.3 Å². The molecule has 0 aliphatic carbocycles. The Hall–Kier alpha value is -8.62. The molecule has 0 bridgehead atoms. The fraction of sp³-hybridized carbons (Fsp3) is 0.234. The Balaban J connectivity index is 0.000000170. The molecule has 2 aromatic carbocycles. The number of benzene rings is 2. The van der Waals surface area contributed by atoms with E-state index in [0.717, 1.165) is 12.4 Å². The van der Waals surface area contributed by atoms with Gasteiger partial charge in [0.2, 0.25) is 0 Å². The van der Waals surface area contributed by atoms with Crippen LogP contribution in [0.3, 0.4) is 0 Å². The normalized spacial score (nSPS) is 14.2. The molecule has 2 aliphatic rings. The summed E-state index contributed by atoms with van der Waals surface area (Å²) in [5.41, 5.74) is 1.54. The average Bonchev–Trinajstić information content (AvgIpc) is 4.22. The maximum atomic E-state index is 14.7. The molecule has 8 aromatic rings. The summed E-state index contributed by atoms with van der Waals surface area (Å²) in [6.45, 7) is 5.00. The number of piperidine rings is 1. The minimum atomic E-state index is -0.833. The van der Waals surface area contributed by atoms with Gasteiger partial charge in [0.1, 0.15) is 24.3 Å². The van der Waals surface area contributed by atoms with Crippen LogP contribution in [0.4, 0.5) is 8.78 Å². The third-order valence-electron chi connectivity index (χ3n) is 12.0. The fourth-order valence-corrected chi connectivity index (χ4v) is 8.41. The van der Waals surface area contributed by atoms with E-state index in [4.69, 9.17) is 0 Å². The van der Waals surface area contributed by atoms with Crippen molar-refractivity contribution in [3.8, 4) is 11.6 Å². The zero-order chi connectivity index (χ0) is 47.6. The predicted octanol–water partition coefficient (Wildman–Crippen LogP) is 4.65. The monoisotopic (exact) mass is 921 g/mol. The summed E-state index contributed by atoms with van der Waals surface area (Å²) in [6, 6.07) is 17.9. The Kier molecular flexibility index (Phi) is 12.3. The van der Waals surface area contributed by atoms with Crippen LogP contribution in [0.2, 0.25) is 0 Å². The van der Waals surface area contributed by atoms with Crippen molar-refractivity contribution in [3.63, 3.8) is 0 Å². The first kappa shape index (κ1) is 44.6. The topological polar surface area (TPSA) is 231 Å². The highest BCUT2D eigenvalue weighted by molar-refractivity contribution is 6.45. The average molecular weight is 922 g/mol. The van der Waals surface area contributed by atoms with Crippen LogP contribution < -0.4 is 0 Å². The number of likely N-dealkylation sites (tertiary alicyclic amines) is 1. The van der Waals surface area contributed by atoms with E-state index in [1.54, 1.807) is 55.1 Å². The van der Waals surface area contributed by atoms with Crippen LogP contribution in [0.15, 0.2) is 98.1 Å². The summed E-state index contributed by atoms with van der Waals surface area (Å²) in [4.78, 5) is 104. The van der Waals surface area contributed by atoms with E-state index >= 15 is 0 Å². The minimum absolute atomic E-state index is 0.0209. The highest BCUT2D eigenvalue weighted by Gasteiger charge is 2.34. The van der Waals surface area contributed by atoms with Gasteiger partial charge >= 0.3 is 0 Å². The molecule has 8 heterocycles. The third kappa shape index (κ3) is 8.51. The van der Waals surface area contributed by atoms with Crippen molar-refractivity contribution in [3.05, 3.63) is 144 Å². The number of aryl methyl sites for hydroxylation is 2. The van der Waals surface area contributed by atoms with Gasteiger partial charge in [0, 0.05) is 68.7 Å². The number of fused-ring (bicyclic) bond motifs is 2. The van der Waals surface area contributed by atoms with Crippen molar-refractivity contribution in [1.29, 1.82) is 0 Å². The first-order chi connectivity index (χ1) is 32.9. The SMILES string of the molecule is Cc1ncn(-c2ncc(F)c3c(C(=O)C(=O)N4CCN(C(=O)c5ccccc5)CC4)c[nH]c23)n1.Cc1ncnn1-c1ncc(F)c2c(C(=O)C(=O)N3CCC(C(=O)c4ccccc4)CC3)c[nH]c12. The van der Waals surface area contributed by atoms with E-state index < -0.39 is 35.0 Å². The van der Waals surface area contributed by atoms with Gasteiger partial charge in [-0.05, 0) is 38.8 Å². The van der Waals surface area contributed by atoms with E-state index in [-0.39, 0.29) is 88.4 Å². The molecule has 0 radical (unpaired) electrons. The molecule has 344 valence electrons. The number of amides is 3. The Labute approximate surface area is 384 Å². The molecular weight excluding hydrogens is 881 g/mol. The molecule has 3 amide bonds. The number of ketones is 3.